The number of benzene rings is 1. The van der Waals surface area contributed by atoms with Crippen LogP contribution in [0.4, 0.5) is 5.69 Å². The van der Waals surface area contributed by atoms with E-state index in [0.717, 1.165) is 16.8 Å². The number of aryl methyl sites for hydroxylation is 2. The fraction of sp³-hybridized carbons (Fsp3) is 0.500. The molecule has 7 nitrogen and oxygen atoms in total. The first-order valence-corrected chi connectivity index (χ1v) is 10.8. The van der Waals surface area contributed by atoms with Gasteiger partial charge in [0.2, 0.25) is 15.9 Å². The molecule has 0 fully saturated rings. The average Bonchev–Trinajstić information content (AvgIpc) is 2.93. The van der Waals surface area contributed by atoms with E-state index in [1.54, 1.807) is 6.92 Å². The molecule has 2 rings (SSSR count). The zero-order valence-electron chi connectivity index (χ0n) is 17.5. The Kier molecular flexibility index (Phi) is 6.67. The third-order valence-corrected chi connectivity index (χ3v) is 6.37. The number of carbonyl (C=O) groups excluding carboxylic acids is 1. The summed E-state index contributed by atoms with van der Waals surface area (Å²) in [5.74, 6) is 0.182. The number of amides is 1. The summed E-state index contributed by atoms with van der Waals surface area (Å²) in [6.45, 7) is 12.8. The standard InChI is InChI=1S/C20H29N3O4S/c1-11(2)16-9-8-10-17(12(3)4)18(16)21-20(24)14(6)23-28(25,26)19-13(5)22-27-15(19)7/h8-12,14,23H,1-7H3,(H,21,24)/t14-/m0/s1. The summed E-state index contributed by atoms with van der Waals surface area (Å²) in [6, 6.07) is 4.96. The van der Waals surface area contributed by atoms with E-state index in [9.17, 15) is 13.2 Å². The van der Waals surface area contributed by atoms with Gasteiger partial charge >= 0.3 is 0 Å². The summed E-state index contributed by atoms with van der Waals surface area (Å²) in [6.07, 6.45) is 0. The van der Waals surface area contributed by atoms with Gasteiger partial charge in [-0.3, -0.25) is 4.79 Å². The van der Waals surface area contributed by atoms with Gasteiger partial charge < -0.3 is 9.84 Å². The van der Waals surface area contributed by atoms with E-state index >= 15 is 0 Å². The summed E-state index contributed by atoms with van der Waals surface area (Å²) in [5.41, 5.74) is 3.03. The molecule has 0 bridgehead atoms. The van der Waals surface area contributed by atoms with E-state index < -0.39 is 22.0 Å². The Bertz CT molecular complexity index is 916. The number of nitrogens with one attached hydrogen (secondary N) is 2. The number of sulfonamides is 1. The van der Waals surface area contributed by atoms with E-state index in [1.807, 2.05) is 18.2 Å². The lowest BCUT2D eigenvalue weighted by Crippen LogP contribution is -2.42. The quantitative estimate of drug-likeness (QED) is 0.726. The minimum absolute atomic E-state index is 0.0300. The summed E-state index contributed by atoms with van der Waals surface area (Å²) < 4.78 is 32.7. The highest BCUT2D eigenvalue weighted by Gasteiger charge is 2.28. The Balaban J connectivity index is 2.29. The fourth-order valence-electron chi connectivity index (χ4n) is 3.13. The molecule has 0 spiro atoms. The molecule has 8 heteroatoms. The van der Waals surface area contributed by atoms with Crippen LogP contribution in [0.1, 0.15) is 69.0 Å². The van der Waals surface area contributed by atoms with Gasteiger partial charge in [-0.1, -0.05) is 51.1 Å². The van der Waals surface area contributed by atoms with Crippen molar-refractivity contribution >= 4 is 21.6 Å². The zero-order valence-corrected chi connectivity index (χ0v) is 18.3. The van der Waals surface area contributed by atoms with Crippen molar-refractivity contribution in [2.45, 2.75) is 71.2 Å². The number of anilines is 1. The second-order valence-corrected chi connectivity index (χ2v) is 9.26. The Morgan fingerprint density at radius 1 is 1.04 bits per heavy atom. The number of aromatic nitrogens is 1. The highest BCUT2D eigenvalue weighted by Crippen LogP contribution is 2.32. The van der Waals surface area contributed by atoms with Gasteiger partial charge in [0.25, 0.3) is 0 Å². The summed E-state index contributed by atoms with van der Waals surface area (Å²) in [4.78, 5) is 12.8. The fourth-order valence-corrected chi connectivity index (χ4v) is 4.66. The van der Waals surface area contributed by atoms with Crippen LogP contribution in [0.2, 0.25) is 0 Å². The number of nitrogens with zero attached hydrogens (tertiary/aromatic N) is 1. The molecular weight excluding hydrogens is 378 g/mol. The van der Waals surface area contributed by atoms with Crippen LogP contribution < -0.4 is 10.0 Å². The first-order valence-electron chi connectivity index (χ1n) is 9.34. The lowest BCUT2D eigenvalue weighted by Gasteiger charge is -2.22. The van der Waals surface area contributed by atoms with Crippen molar-refractivity contribution in [1.82, 2.24) is 9.88 Å². The Labute approximate surface area is 166 Å². The molecule has 1 aromatic carbocycles. The van der Waals surface area contributed by atoms with E-state index in [-0.39, 0.29) is 28.2 Å². The zero-order chi connectivity index (χ0) is 21.2. The van der Waals surface area contributed by atoms with Gasteiger partial charge in [-0.25, -0.2) is 8.42 Å². The number of hydrogen-bond donors (Lipinski definition) is 2. The van der Waals surface area contributed by atoms with Crippen molar-refractivity contribution in [1.29, 1.82) is 0 Å². The predicted octanol–water partition coefficient (Wildman–Crippen LogP) is 3.84. The van der Waals surface area contributed by atoms with Gasteiger partial charge in [0.1, 0.15) is 10.6 Å². The molecule has 0 unspecified atom stereocenters. The summed E-state index contributed by atoms with van der Waals surface area (Å²) in [7, 11) is -3.93. The van der Waals surface area contributed by atoms with Crippen molar-refractivity contribution in [3.05, 3.63) is 40.8 Å². The van der Waals surface area contributed by atoms with Crippen LogP contribution in [-0.4, -0.2) is 25.5 Å². The maximum Gasteiger partial charge on any atom is 0.246 e. The highest BCUT2D eigenvalue weighted by molar-refractivity contribution is 7.89. The number of carbonyl (C=O) groups is 1. The Morgan fingerprint density at radius 3 is 2.00 bits per heavy atom. The van der Waals surface area contributed by atoms with Gasteiger partial charge in [-0.15, -0.1) is 0 Å². The molecule has 1 aromatic heterocycles. The second kappa shape index (κ2) is 8.45. The van der Waals surface area contributed by atoms with Crippen LogP contribution in [0.15, 0.2) is 27.6 Å². The predicted molar refractivity (Wildman–Crippen MR) is 109 cm³/mol. The van der Waals surface area contributed by atoms with E-state index in [2.05, 4.69) is 42.9 Å². The molecule has 2 N–H and O–H groups in total. The minimum Gasteiger partial charge on any atom is -0.360 e. The van der Waals surface area contributed by atoms with Gasteiger partial charge in [0, 0.05) is 5.69 Å². The molecule has 0 saturated heterocycles. The maximum atomic E-state index is 12.8. The molecule has 0 aliphatic carbocycles. The Hall–Kier alpha value is -2.19. The molecule has 1 heterocycles. The minimum atomic E-state index is -3.93. The van der Waals surface area contributed by atoms with Crippen LogP contribution >= 0.6 is 0 Å². The molecule has 0 saturated carbocycles. The number of rotatable bonds is 7. The molecule has 2 aromatic rings. The van der Waals surface area contributed by atoms with Crippen LogP contribution in [0.25, 0.3) is 0 Å². The normalized spacial score (nSPS) is 13.2. The van der Waals surface area contributed by atoms with Crippen molar-refractivity contribution in [2.24, 2.45) is 0 Å². The van der Waals surface area contributed by atoms with Crippen LogP contribution in [0.3, 0.4) is 0 Å². The third-order valence-electron chi connectivity index (χ3n) is 4.58. The molecule has 1 amide bonds. The monoisotopic (exact) mass is 407 g/mol. The first-order chi connectivity index (χ1) is 13.0. The van der Waals surface area contributed by atoms with Gasteiger partial charge in [0.05, 0.1) is 6.04 Å². The highest BCUT2D eigenvalue weighted by atomic mass is 32.2. The maximum absolute atomic E-state index is 12.8. The molecule has 0 aliphatic rings. The smallest absolute Gasteiger partial charge is 0.246 e. The van der Waals surface area contributed by atoms with E-state index in [1.165, 1.54) is 13.8 Å². The van der Waals surface area contributed by atoms with Crippen molar-refractivity contribution in [2.75, 3.05) is 5.32 Å². The van der Waals surface area contributed by atoms with Crippen LogP contribution in [-0.2, 0) is 14.8 Å². The van der Waals surface area contributed by atoms with Crippen molar-refractivity contribution in [3.63, 3.8) is 0 Å². The topological polar surface area (TPSA) is 101 Å². The second-order valence-electron chi connectivity index (χ2n) is 7.61. The van der Waals surface area contributed by atoms with E-state index in [0.29, 0.717) is 0 Å². The largest absolute Gasteiger partial charge is 0.360 e. The lowest BCUT2D eigenvalue weighted by molar-refractivity contribution is -0.117. The van der Waals surface area contributed by atoms with Crippen molar-refractivity contribution in [3.8, 4) is 0 Å². The van der Waals surface area contributed by atoms with E-state index in [4.69, 9.17) is 4.52 Å². The van der Waals surface area contributed by atoms with Crippen LogP contribution in [0, 0.1) is 13.8 Å². The third kappa shape index (κ3) is 4.62. The first kappa shape index (κ1) is 22.1. The molecule has 0 aliphatic heterocycles. The van der Waals surface area contributed by atoms with Crippen LogP contribution in [0.5, 0.6) is 0 Å². The molecule has 1 atom stereocenters. The molecular formula is C20H29N3O4S. The average molecular weight is 408 g/mol. The van der Waals surface area contributed by atoms with Gasteiger partial charge in [0.15, 0.2) is 5.76 Å². The lowest BCUT2D eigenvalue weighted by atomic mass is 9.92. The molecule has 28 heavy (non-hydrogen) atoms. The SMILES string of the molecule is Cc1noc(C)c1S(=O)(=O)N[C@@H](C)C(=O)Nc1c(C(C)C)cccc1C(C)C. The summed E-state index contributed by atoms with van der Waals surface area (Å²) >= 11 is 0. The van der Waals surface area contributed by atoms with Gasteiger partial charge in [-0.2, -0.15) is 4.72 Å². The van der Waals surface area contributed by atoms with Crippen molar-refractivity contribution < 1.29 is 17.7 Å². The van der Waals surface area contributed by atoms with Gasteiger partial charge in [-0.05, 0) is 43.7 Å². The Morgan fingerprint density at radius 2 is 1.57 bits per heavy atom. The molecule has 154 valence electrons. The molecule has 0 radical (unpaired) electrons. The number of para-hydroxylation sites is 1. The summed E-state index contributed by atoms with van der Waals surface area (Å²) in [5, 5.41) is 6.60. The number of hydrogen-bond acceptors (Lipinski definition) is 5.